The van der Waals surface area contributed by atoms with Gasteiger partial charge in [0.15, 0.2) is 0 Å². The zero-order chi connectivity index (χ0) is 15.8. The molecule has 2 aromatic carbocycles. The van der Waals surface area contributed by atoms with Crippen molar-refractivity contribution >= 4 is 30.4 Å². The summed E-state index contributed by atoms with van der Waals surface area (Å²) < 4.78 is 5.84. The van der Waals surface area contributed by atoms with E-state index in [9.17, 15) is 0 Å². The molecule has 2 aromatic rings. The summed E-state index contributed by atoms with van der Waals surface area (Å²) in [6, 6.07) is 18.5. The Bertz CT molecular complexity index is 768. The van der Waals surface area contributed by atoms with E-state index >= 15 is 0 Å². The van der Waals surface area contributed by atoms with Crippen molar-refractivity contribution in [3.8, 4) is 0 Å². The van der Waals surface area contributed by atoms with Crippen molar-refractivity contribution in [3.05, 3.63) is 60.2 Å². The number of ether oxygens (including phenoxy) is 1. The monoisotopic (exact) mass is 308 g/mol. The van der Waals surface area contributed by atoms with Crippen LogP contribution in [0.1, 0.15) is 19.4 Å². The fraction of sp³-hybridized carbons (Fsp3) is 0.278. The first kappa shape index (κ1) is 15.3. The molecule has 1 unspecified atom stereocenters. The first-order valence-corrected chi connectivity index (χ1v) is 9.74. The van der Waals surface area contributed by atoms with E-state index in [-0.39, 0.29) is 5.54 Å². The van der Waals surface area contributed by atoms with Crippen molar-refractivity contribution in [1.29, 1.82) is 0 Å². The molecule has 4 heteroatoms. The SMILES string of the molecule is [B]=P(C)(c1ccccc1)c1ccccc1C1=NC(C)(C)CO1. The Hall–Kier alpha value is -1.60. The van der Waals surface area contributed by atoms with Gasteiger partial charge in [-0.3, -0.25) is 0 Å². The first-order valence-electron chi connectivity index (χ1n) is 7.43. The molecule has 1 radical (unpaired) electrons. The molecule has 1 atom stereocenters. The second-order valence-corrected chi connectivity index (χ2v) is 9.60. The van der Waals surface area contributed by atoms with E-state index in [1.54, 1.807) is 0 Å². The molecule has 0 aliphatic carbocycles. The van der Waals surface area contributed by atoms with Gasteiger partial charge in [0.2, 0.25) is 0 Å². The van der Waals surface area contributed by atoms with Gasteiger partial charge in [0.25, 0.3) is 0 Å². The van der Waals surface area contributed by atoms with Gasteiger partial charge in [0.1, 0.15) is 0 Å². The molecule has 2 nitrogen and oxygen atoms in total. The van der Waals surface area contributed by atoms with Gasteiger partial charge >= 0.3 is 133 Å². The Morgan fingerprint density at radius 1 is 1.05 bits per heavy atom. The van der Waals surface area contributed by atoms with Crippen molar-refractivity contribution in [2.24, 2.45) is 4.99 Å². The molecule has 0 fully saturated rings. The molecule has 3 rings (SSSR count). The molecule has 111 valence electrons. The van der Waals surface area contributed by atoms with E-state index in [2.05, 4.69) is 44.8 Å². The maximum atomic E-state index is 6.80. The Balaban J connectivity index is 2.12. The molecule has 0 bridgehead atoms. The summed E-state index contributed by atoms with van der Waals surface area (Å²) in [6.45, 7) is 4.97. The van der Waals surface area contributed by atoms with Crippen LogP contribution in [0.2, 0.25) is 0 Å². The van der Waals surface area contributed by atoms with Crippen molar-refractivity contribution in [3.63, 3.8) is 0 Å². The van der Waals surface area contributed by atoms with Crippen LogP contribution in [-0.2, 0) is 4.74 Å². The number of rotatable bonds is 3. The summed E-state index contributed by atoms with van der Waals surface area (Å²) in [7, 11) is 6.80. The number of hydrogen-bond donors (Lipinski definition) is 0. The van der Waals surface area contributed by atoms with Gasteiger partial charge in [-0.15, -0.1) is 0 Å². The summed E-state index contributed by atoms with van der Waals surface area (Å²) in [5, 5.41) is 2.32. The van der Waals surface area contributed by atoms with Crippen LogP contribution in [0.5, 0.6) is 0 Å². The first-order chi connectivity index (χ1) is 10.4. The number of hydrogen-bond acceptors (Lipinski definition) is 2. The number of benzene rings is 2. The summed E-state index contributed by atoms with van der Waals surface area (Å²) in [4.78, 5) is 4.72. The third kappa shape index (κ3) is 2.83. The Morgan fingerprint density at radius 3 is 2.32 bits per heavy atom. The fourth-order valence-electron chi connectivity index (χ4n) is 2.66. The van der Waals surface area contributed by atoms with Crippen molar-refractivity contribution in [1.82, 2.24) is 0 Å². The normalized spacial score (nSPS) is 19.1. The van der Waals surface area contributed by atoms with Crippen LogP contribution < -0.4 is 10.6 Å². The molecular weight excluding hydrogens is 288 g/mol. The Kier molecular flexibility index (Phi) is 3.86. The second-order valence-electron chi connectivity index (χ2n) is 6.45. The molecule has 22 heavy (non-hydrogen) atoms. The number of nitrogens with zero attached hydrogens (tertiary/aromatic N) is 1. The fourth-order valence-corrected chi connectivity index (χ4v) is 4.79. The molecule has 0 amide bonds. The van der Waals surface area contributed by atoms with Gasteiger partial charge in [-0.25, -0.2) is 0 Å². The predicted molar refractivity (Wildman–Crippen MR) is 97.3 cm³/mol. The zero-order valence-electron chi connectivity index (χ0n) is 13.3. The van der Waals surface area contributed by atoms with Crippen molar-refractivity contribution in [2.45, 2.75) is 19.4 Å². The van der Waals surface area contributed by atoms with E-state index in [0.717, 1.165) is 10.9 Å². The van der Waals surface area contributed by atoms with Gasteiger partial charge in [-0.05, 0) is 0 Å². The van der Waals surface area contributed by atoms with Crippen LogP contribution in [0, 0.1) is 0 Å². The summed E-state index contributed by atoms with van der Waals surface area (Å²) in [6.07, 6.45) is 0. The summed E-state index contributed by atoms with van der Waals surface area (Å²) in [5.41, 5.74) is 0.855. The minimum atomic E-state index is -1.94. The molecule has 0 spiro atoms. The summed E-state index contributed by atoms with van der Waals surface area (Å²) >= 11 is 0. The van der Waals surface area contributed by atoms with Gasteiger partial charge in [0.05, 0.1) is 0 Å². The Labute approximate surface area is 133 Å². The van der Waals surface area contributed by atoms with Crippen LogP contribution in [-0.4, -0.2) is 31.9 Å². The van der Waals surface area contributed by atoms with E-state index in [1.807, 2.05) is 30.3 Å². The van der Waals surface area contributed by atoms with Crippen molar-refractivity contribution in [2.75, 3.05) is 13.3 Å². The second kappa shape index (κ2) is 5.55. The van der Waals surface area contributed by atoms with E-state index in [4.69, 9.17) is 16.9 Å². The summed E-state index contributed by atoms with van der Waals surface area (Å²) in [5.74, 6) is 0.716. The van der Waals surface area contributed by atoms with Crippen LogP contribution >= 0.6 is 6.75 Å². The van der Waals surface area contributed by atoms with Crippen LogP contribution in [0.4, 0.5) is 0 Å². The predicted octanol–water partition coefficient (Wildman–Crippen LogP) is 2.92. The van der Waals surface area contributed by atoms with Crippen LogP contribution in [0.3, 0.4) is 0 Å². The van der Waals surface area contributed by atoms with E-state index in [0.29, 0.717) is 12.5 Å². The molecule has 1 aliphatic rings. The van der Waals surface area contributed by atoms with Gasteiger partial charge in [-0.2, -0.15) is 0 Å². The molecule has 0 aromatic heterocycles. The van der Waals surface area contributed by atoms with Crippen LogP contribution in [0.15, 0.2) is 59.6 Å². The Morgan fingerprint density at radius 2 is 1.68 bits per heavy atom. The molecule has 1 aliphatic heterocycles. The quantitative estimate of drug-likeness (QED) is 0.631. The molecule has 0 saturated carbocycles. The van der Waals surface area contributed by atoms with E-state index in [1.165, 1.54) is 5.30 Å². The molecule has 0 saturated heterocycles. The topological polar surface area (TPSA) is 21.6 Å². The van der Waals surface area contributed by atoms with E-state index < -0.39 is 6.75 Å². The third-order valence-electron chi connectivity index (χ3n) is 3.89. The minimum absolute atomic E-state index is 0.168. The van der Waals surface area contributed by atoms with Crippen LogP contribution in [0.25, 0.3) is 0 Å². The standard InChI is InChI=1S/C18H20BNOP/c1-18(2)13-21-17(20-18)15-11-7-8-12-16(15)22(3,19)14-9-5-4-6-10-14/h4-12H,13H2,1-3H3. The molecular formula is C18H20BNOP. The van der Waals surface area contributed by atoms with Gasteiger partial charge in [0, 0.05) is 0 Å². The third-order valence-corrected chi connectivity index (χ3v) is 6.66. The zero-order valence-corrected chi connectivity index (χ0v) is 14.2. The average Bonchev–Trinajstić information content (AvgIpc) is 2.88. The number of aliphatic imine (C=N–C) groups is 1. The van der Waals surface area contributed by atoms with Gasteiger partial charge < -0.3 is 0 Å². The molecule has 1 heterocycles. The van der Waals surface area contributed by atoms with Gasteiger partial charge in [-0.1, -0.05) is 0 Å². The molecule has 0 N–H and O–H groups in total. The maximum absolute atomic E-state index is 6.80. The average molecular weight is 308 g/mol. The van der Waals surface area contributed by atoms with Crippen molar-refractivity contribution < 1.29 is 4.74 Å².